The summed E-state index contributed by atoms with van der Waals surface area (Å²) < 4.78 is 5.43. The van der Waals surface area contributed by atoms with Crippen LogP contribution in [0.4, 0.5) is 0 Å². The van der Waals surface area contributed by atoms with Crippen LogP contribution in [0.5, 0.6) is 5.75 Å². The van der Waals surface area contributed by atoms with Crippen molar-refractivity contribution in [2.24, 2.45) is 5.73 Å². The van der Waals surface area contributed by atoms with Crippen molar-refractivity contribution in [2.45, 2.75) is 13.0 Å². The summed E-state index contributed by atoms with van der Waals surface area (Å²) in [5, 5.41) is 0. The van der Waals surface area contributed by atoms with Crippen LogP contribution in [0.1, 0.15) is 11.1 Å². The van der Waals surface area contributed by atoms with Gasteiger partial charge in [0, 0.05) is 20.0 Å². The number of rotatable bonds is 3. The van der Waals surface area contributed by atoms with Gasteiger partial charge >= 0.3 is 0 Å². The van der Waals surface area contributed by atoms with Crippen LogP contribution >= 0.6 is 0 Å². The molecule has 1 aromatic rings. The van der Waals surface area contributed by atoms with E-state index in [2.05, 4.69) is 6.07 Å². The van der Waals surface area contributed by atoms with E-state index in [1.807, 2.05) is 12.1 Å². The number of nitrogens with zero attached hydrogens (tertiary/aromatic N) is 1. The van der Waals surface area contributed by atoms with Gasteiger partial charge in [0.2, 0.25) is 5.91 Å². The topological polar surface area (TPSA) is 55.6 Å². The third-order valence-corrected chi connectivity index (χ3v) is 2.77. The predicted octanol–water partition coefficient (Wildman–Crippen LogP) is 0.539. The van der Waals surface area contributed by atoms with E-state index in [1.54, 1.807) is 11.9 Å². The first kappa shape index (κ1) is 11.0. The molecule has 0 aromatic heterocycles. The molecule has 2 rings (SSSR count). The second kappa shape index (κ2) is 4.53. The van der Waals surface area contributed by atoms with E-state index in [9.17, 15) is 4.79 Å². The van der Waals surface area contributed by atoms with Gasteiger partial charge in [0.15, 0.2) is 0 Å². The van der Waals surface area contributed by atoms with Gasteiger partial charge in [-0.05, 0) is 17.2 Å². The molecule has 16 heavy (non-hydrogen) atoms. The van der Waals surface area contributed by atoms with Crippen molar-refractivity contribution in [2.75, 3.05) is 20.2 Å². The second-order valence-electron chi connectivity index (χ2n) is 3.99. The van der Waals surface area contributed by atoms with Gasteiger partial charge in [0.1, 0.15) is 5.75 Å². The smallest absolute Gasteiger partial charge is 0.236 e. The van der Waals surface area contributed by atoms with E-state index < -0.39 is 0 Å². The lowest BCUT2D eigenvalue weighted by Crippen LogP contribution is -2.32. The van der Waals surface area contributed by atoms with Crippen LogP contribution in [-0.2, 0) is 17.8 Å². The summed E-state index contributed by atoms with van der Waals surface area (Å²) in [5.74, 6) is 0.924. The number of nitrogens with two attached hydrogens (primary N) is 1. The van der Waals surface area contributed by atoms with Crippen LogP contribution in [-0.4, -0.2) is 31.0 Å². The van der Waals surface area contributed by atoms with E-state index in [-0.39, 0.29) is 12.5 Å². The van der Waals surface area contributed by atoms with E-state index in [0.717, 1.165) is 24.3 Å². The Hall–Kier alpha value is -1.55. The van der Waals surface area contributed by atoms with Crippen molar-refractivity contribution in [1.82, 2.24) is 4.90 Å². The van der Waals surface area contributed by atoms with Gasteiger partial charge in [-0.2, -0.15) is 0 Å². The number of ether oxygens (including phenoxy) is 1. The van der Waals surface area contributed by atoms with Crippen molar-refractivity contribution in [1.29, 1.82) is 0 Å². The molecule has 0 unspecified atom stereocenters. The minimum atomic E-state index is -0.0447. The molecule has 1 aliphatic rings. The molecule has 0 aliphatic carbocycles. The Morgan fingerprint density at radius 1 is 1.56 bits per heavy atom. The van der Waals surface area contributed by atoms with Gasteiger partial charge in [-0.3, -0.25) is 4.79 Å². The highest BCUT2D eigenvalue weighted by Crippen LogP contribution is 2.26. The van der Waals surface area contributed by atoms with Crippen LogP contribution in [0.15, 0.2) is 18.2 Å². The molecule has 0 spiro atoms. The lowest BCUT2D eigenvalue weighted by atomic mass is 10.1. The molecule has 0 radical (unpaired) electrons. The number of hydrogen-bond acceptors (Lipinski definition) is 3. The molecule has 0 atom stereocenters. The number of fused-ring (bicyclic) bond motifs is 1. The first-order chi connectivity index (χ1) is 7.70. The quantitative estimate of drug-likeness (QED) is 0.808. The molecular weight excluding hydrogens is 204 g/mol. The number of hydrogen-bond donors (Lipinski definition) is 1. The molecule has 4 nitrogen and oxygen atoms in total. The van der Waals surface area contributed by atoms with E-state index in [1.165, 1.54) is 5.56 Å². The zero-order valence-corrected chi connectivity index (χ0v) is 9.40. The summed E-state index contributed by atoms with van der Waals surface area (Å²) in [6.45, 7) is 1.42. The molecule has 1 aromatic carbocycles. The van der Waals surface area contributed by atoms with Gasteiger partial charge in [-0.25, -0.2) is 0 Å². The van der Waals surface area contributed by atoms with Crippen molar-refractivity contribution in [3.63, 3.8) is 0 Å². The molecule has 2 N–H and O–H groups in total. The average molecular weight is 220 g/mol. The molecule has 0 saturated carbocycles. The van der Waals surface area contributed by atoms with Crippen LogP contribution in [0.25, 0.3) is 0 Å². The fraction of sp³-hybridized carbons (Fsp3) is 0.417. The molecular formula is C12H16N2O2. The normalized spacial score (nSPS) is 13.1. The van der Waals surface area contributed by atoms with E-state index in [4.69, 9.17) is 10.5 Å². The van der Waals surface area contributed by atoms with Gasteiger partial charge in [-0.1, -0.05) is 12.1 Å². The van der Waals surface area contributed by atoms with Gasteiger partial charge < -0.3 is 15.4 Å². The Balaban J connectivity index is 2.08. The average Bonchev–Trinajstić information content (AvgIpc) is 2.75. The monoisotopic (exact) mass is 220 g/mol. The number of likely N-dealkylation sites (N-methyl/N-ethyl adjacent to an activating group) is 1. The number of benzene rings is 1. The minimum absolute atomic E-state index is 0.0447. The van der Waals surface area contributed by atoms with Crippen LogP contribution in [0.3, 0.4) is 0 Å². The fourth-order valence-corrected chi connectivity index (χ4v) is 1.86. The van der Waals surface area contributed by atoms with Crippen LogP contribution < -0.4 is 10.5 Å². The van der Waals surface area contributed by atoms with Crippen LogP contribution in [0.2, 0.25) is 0 Å². The molecule has 86 valence electrons. The first-order valence-electron chi connectivity index (χ1n) is 5.39. The maximum absolute atomic E-state index is 11.3. The fourth-order valence-electron chi connectivity index (χ4n) is 1.86. The third kappa shape index (κ3) is 2.17. The molecule has 0 bridgehead atoms. The summed E-state index contributed by atoms with van der Waals surface area (Å²) in [4.78, 5) is 13.0. The Bertz CT molecular complexity index is 404. The predicted molar refractivity (Wildman–Crippen MR) is 61.2 cm³/mol. The number of carbonyl (C=O) groups excluding carboxylic acids is 1. The zero-order chi connectivity index (χ0) is 11.5. The Kier molecular flexibility index (Phi) is 3.10. The second-order valence-corrected chi connectivity index (χ2v) is 3.99. The largest absolute Gasteiger partial charge is 0.493 e. The van der Waals surface area contributed by atoms with Gasteiger partial charge in [-0.15, -0.1) is 0 Å². The maximum atomic E-state index is 11.3. The number of carbonyl (C=O) groups is 1. The van der Waals surface area contributed by atoms with Gasteiger partial charge in [0.25, 0.3) is 0 Å². The number of amides is 1. The van der Waals surface area contributed by atoms with Crippen molar-refractivity contribution < 1.29 is 9.53 Å². The van der Waals surface area contributed by atoms with Crippen molar-refractivity contribution in [3.8, 4) is 5.75 Å². The molecule has 4 heteroatoms. The summed E-state index contributed by atoms with van der Waals surface area (Å²) in [6.07, 6.45) is 0.956. The minimum Gasteiger partial charge on any atom is -0.493 e. The molecule has 1 heterocycles. The summed E-state index contributed by atoms with van der Waals surface area (Å²) in [7, 11) is 1.76. The standard InChI is InChI=1S/C12H16N2O2/c1-14(12(15)7-13)8-9-2-3-11-10(6-9)4-5-16-11/h2-3,6H,4-5,7-8,13H2,1H3. The molecule has 1 amide bonds. The molecule has 0 fully saturated rings. The lowest BCUT2D eigenvalue weighted by molar-refractivity contribution is -0.128. The highest BCUT2D eigenvalue weighted by atomic mass is 16.5. The Morgan fingerprint density at radius 3 is 3.12 bits per heavy atom. The summed E-state index contributed by atoms with van der Waals surface area (Å²) >= 11 is 0. The summed E-state index contributed by atoms with van der Waals surface area (Å²) in [5.41, 5.74) is 7.65. The van der Waals surface area contributed by atoms with E-state index >= 15 is 0 Å². The maximum Gasteiger partial charge on any atom is 0.236 e. The third-order valence-electron chi connectivity index (χ3n) is 2.77. The van der Waals surface area contributed by atoms with Crippen LogP contribution in [0, 0.1) is 0 Å². The zero-order valence-electron chi connectivity index (χ0n) is 9.40. The van der Waals surface area contributed by atoms with Gasteiger partial charge in [0.05, 0.1) is 13.2 Å². The Labute approximate surface area is 95.0 Å². The highest BCUT2D eigenvalue weighted by Gasteiger charge is 2.13. The van der Waals surface area contributed by atoms with Crippen molar-refractivity contribution in [3.05, 3.63) is 29.3 Å². The SMILES string of the molecule is CN(Cc1ccc2c(c1)CCO2)C(=O)CN. The van der Waals surface area contributed by atoms with Crippen molar-refractivity contribution >= 4 is 5.91 Å². The lowest BCUT2D eigenvalue weighted by Gasteiger charge is -2.16. The summed E-state index contributed by atoms with van der Waals surface area (Å²) in [6, 6.07) is 6.06. The Morgan fingerprint density at radius 2 is 2.38 bits per heavy atom. The first-order valence-corrected chi connectivity index (χ1v) is 5.39. The molecule has 1 aliphatic heterocycles. The highest BCUT2D eigenvalue weighted by molar-refractivity contribution is 5.77. The molecule has 0 saturated heterocycles. The van der Waals surface area contributed by atoms with E-state index in [0.29, 0.717) is 6.54 Å².